The number of aromatic nitrogens is 1. The molecule has 0 aliphatic carbocycles. The summed E-state index contributed by atoms with van der Waals surface area (Å²) in [6, 6.07) is 17.6. The van der Waals surface area contributed by atoms with E-state index in [0.717, 1.165) is 21.9 Å². The van der Waals surface area contributed by atoms with E-state index in [9.17, 15) is 4.79 Å². The maximum atomic E-state index is 12.3. The zero-order valence-corrected chi connectivity index (χ0v) is 17.4. The van der Waals surface area contributed by atoms with Gasteiger partial charge in [-0.1, -0.05) is 12.1 Å². The highest BCUT2D eigenvalue weighted by Gasteiger charge is 2.07. The van der Waals surface area contributed by atoms with Gasteiger partial charge in [-0.15, -0.1) is 11.8 Å². The van der Waals surface area contributed by atoms with E-state index in [2.05, 4.69) is 16.4 Å². The number of anilines is 1. The number of hydrogen-bond donors (Lipinski definition) is 1. The third-order valence-corrected chi connectivity index (χ3v) is 5.44. The van der Waals surface area contributed by atoms with Crippen LogP contribution in [-0.2, 0) is 17.0 Å². The molecule has 2 aromatic carbocycles. The molecule has 0 fully saturated rings. The summed E-state index contributed by atoms with van der Waals surface area (Å²) in [5.41, 5.74) is 3.01. The molecule has 5 nitrogen and oxygen atoms in total. The molecule has 0 atom stereocenters. The average Bonchev–Trinajstić information content (AvgIpc) is 2.77. The number of carbonyl (C=O) groups excluding carboxylic acids is 1. The molecule has 3 rings (SSSR count). The Kier molecular flexibility index (Phi) is 7.53. The van der Waals surface area contributed by atoms with Gasteiger partial charge in [0.05, 0.1) is 14.2 Å². The summed E-state index contributed by atoms with van der Waals surface area (Å²) in [5, 5.41) is 2.95. The lowest BCUT2D eigenvalue weighted by Crippen LogP contribution is -2.12. The van der Waals surface area contributed by atoms with Gasteiger partial charge in [-0.2, -0.15) is 0 Å². The third-order valence-electron chi connectivity index (χ3n) is 4.36. The van der Waals surface area contributed by atoms with Gasteiger partial charge in [-0.05, 0) is 60.0 Å². The Morgan fingerprint density at radius 1 is 1.00 bits per heavy atom. The molecule has 1 heterocycles. The molecule has 0 spiro atoms. The van der Waals surface area contributed by atoms with Gasteiger partial charge >= 0.3 is 0 Å². The Balaban J connectivity index is 1.48. The number of amides is 1. The predicted octanol–water partition coefficient (Wildman–Crippen LogP) is 4.96. The number of nitrogens with zero attached hydrogens (tertiary/aromatic N) is 1. The minimum absolute atomic E-state index is 0.0180. The van der Waals surface area contributed by atoms with Crippen molar-refractivity contribution in [1.29, 1.82) is 0 Å². The summed E-state index contributed by atoms with van der Waals surface area (Å²) in [7, 11) is 3.21. The monoisotopic (exact) mass is 408 g/mol. The number of pyridine rings is 1. The topological polar surface area (TPSA) is 60.5 Å². The molecule has 29 heavy (non-hydrogen) atoms. The lowest BCUT2D eigenvalue weighted by molar-refractivity contribution is -0.116. The van der Waals surface area contributed by atoms with Crippen LogP contribution in [0.5, 0.6) is 11.5 Å². The number of nitrogens with one attached hydrogen (secondary N) is 1. The number of rotatable bonds is 9. The molecule has 0 unspecified atom stereocenters. The van der Waals surface area contributed by atoms with E-state index in [1.807, 2.05) is 54.7 Å². The van der Waals surface area contributed by atoms with E-state index in [0.29, 0.717) is 24.3 Å². The zero-order chi connectivity index (χ0) is 20.5. The standard InChI is InChI=1S/C23H24N2O3S/c1-27-21-11-5-17(14-22(21)28-2)6-12-23(26)25-19-7-9-20(10-8-19)29-16-18-4-3-13-24-15-18/h3-5,7-11,13-15H,6,12,16H2,1-2H3,(H,25,26). The fourth-order valence-electron chi connectivity index (χ4n) is 2.80. The molecule has 150 valence electrons. The first-order chi connectivity index (χ1) is 14.2. The fourth-order valence-corrected chi connectivity index (χ4v) is 3.63. The Morgan fingerprint density at radius 2 is 1.79 bits per heavy atom. The van der Waals surface area contributed by atoms with Crippen molar-refractivity contribution in [2.24, 2.45) is 0 Å². The lowest BCUT2D eigenvalue weighted by atomic mass is 10.1. The van der Waals surface area contributed by atoms with Crippen LogP contribution in [0.25, 0.3) is 0 Å². The lowest BCUT2D eigenvalue weighted by Gasteiger charge is -2.10. The summed E-state index contributed by atoms with van der Waals surface area (Å²) in [6.07, 6.45) is 4.68. The van der Waals surface area contributed by atoms with E-state index in [4.69, 9.17) is 9.47 Å². The molecule has 6 heteroatoms. The summed E-state index contributed by atoms with van der Waals surface area (Å²) in [5.74, 6) is 2.20. The maximum Gasteiger partial charge on any atom is 0.224 e. The van der Waals surface area contributed by atoms with Crippen molar-refractivity contribution in [2.45, 2.75) is 23.5 Å². The van der Waals surface area contributed by atoms with E-state index >= 15 is 0 Å². The summed E-state index contributed by atoms with van der Waals surface area (Å²) >= 11 is 1.74. The molecular formula is C23H24N2O3S. The second-order valence-corrected chi connectivity index (χ2v) is 7.46. The van der Waals surface area contributed by atoms with Crippen molar-refractivity contribution >= 4 is 23.4 Å². The van der Waals surface area contributed by atoms with Crippen LogP contribution in [0.2, 0.25) is 0 Å². The summed E-state index contributed by atoms with van der Waals surface area (Å²) in [6.45, 7) is 0. The first-order valence-corrected chi connectivity index (χ1v) is 10.3. The SMILES string of the molecule is COc1ccc(CCC(=O)Nc2ccc(SCc3cccnc3)cc2)cc1OC. The van der Waals surface area contributed by atoms with Crippen LogP contribution in [0.4, 0.5) is 5.69 Å². The highest BCUT2D eigenvalue weighted by molar-refractivity contribution is 7.98. The van der Waals surface area contributed by atoms with Crippen LogP contribution in [0.3, 0.4) is 0 Å². The van der Waals surface area contributed by atoms with Crippen molar-refractivity contribution in [3.63, 3.8) is 0 Å². The van der Waals surface area contributed by atoms with Gasteiger partial charge in [0.2, 0.25) is 5.91 Å². The Morgan fingerprint density at radius 3 is 2.48 bits per heavy atom. The number of benzene rings is 2. The van der Waals surface area contributed by atoms with Crippen molar-refractivity contribution in [3.8, 4) is 11.5 Å². The molecule has 0 radical (unpaired) electrons. The van der Waals surface area contributed by atoms with Gasteiger partial charge in [-0.3, -0.25) is 9.78 Å². The highest BCUT2D eigenvalue weighted by Crippen LogP contribution is 2.28. The van der Waals surface area contributed by atoms with Gasteiger partial charge in [0.25, 0.3) is 0 Å². The molecular weight excluding hydrogens is 384 g/mol. The van der Waals surface area contributed by atoms with E-state index in [1.165, 1.54) is 5.56 Å². The number of ether oxygens (including phenoxy) is 2. The van der Waals surface area contributed by atoms with Crippen LogP contribution >= 0.6 is 11.8 Å². The minimum atomic E-state index is -0.0180. The van der Waals surface area contributed by atoms with Crippen molar-refractivity contribution < 1.29 is 14.3 Å². The first kappa shape index (κ1) is 20.7. The molecule has 3 aromatic rings. The van der Waals surface area contributed by atoms with Gasteiger partial charge in [0, 0.05) is 35.2 Å². The van der Waals surface area contributed by atoms with Crippen LogP contribution < -0.4 is 14.8 Å². The smallest absolute Gasteiger partial charge is 0.224 e. The van der Waals surface area contributed by atoms with Crippen LogP contribution in [0, 0.1) is 0 Å². The number of thioether (sulfide) groups is 1. The van der Waals surface area contributed by atoms with Crippen molar-refractivity contribution in [1.82, 2.24) is 4.98 Å². The molecule has 0 aliphatic heterocycles. The Bertz CT molecular complexity index is 931. The van der Waals surface area contributed by atoms with Crippen LogP contribution in [0.15, 0.2) is 71.9 Å². The van der Waals surface area contributed by atoms with Crippen LogP contribution in [0.1, 0.15) is 17.5 Å². The predicted molar refractivity (Wildman–Crippen MR) is 117 cm³/mol. The van der Waals surface area contributed by atoms with E-state index in [-0.39, 0.29) is 5.91 Å². The number of methoxy groups -OCH3 is 2. The summed E-state index contributed by atoms with van der Waals surface area (Å²) < 4.78 is 10.5. The Hall–Kier alpha value is -2.99. The second-order valence-electron chi connectivity index (χ2n) is 6.41. The van der Waals surface area contributed by atoms with E-state index in [1.54, 1.807) is 32.2 Å². The first-order valence-electron chi connectivity index (χ1n) is 9.30. The van der Waals surface area contributed by atoms with E-state index < -0.39 is 0 Å². The normalized spacial score (nSPS) is 10.4. The molecule has 0 aliphatic rings. The molecule has 0 bridgehead atoms. The second kappa shape index (κ2) is 10.5. The average molecular weight is 409 g/mol. The zero-order valence-electron chi connectivity index (χ0n) is 16.6. The Labute approximate surface area is 175 Å². The number of hydrogen-bond acceptors (Lipinski definition) is 5. The van der Waals surface area contributed by atoms with Crippen LogP contribution in [-0.4, -0.2) is 25.1 Å². The molecule has 1 N–H and O–H groups in total. The fraction of sp³-hybridized carbons (Fsp3) is 0.217. The largest absolute Gasteiger partial charge is 0.493 e. The van der Waals surface area contributed by atoms with Gasteiger partial charge in [0.15, 0.2) is 11.5 Å². The minimum Gasteiger partial charge on any atom is -0.493 e. The maximum absolute atomic E-state index is 12.3. The quantitative estimate of drug-likeness (QED) is 0.507. The van der Waals surface area contributed by atoms with Gasteiger partial charge in [-0.25, -0.2) is 0 Å². The van der Waals surface area contributed by atoms with Gasteiger partial charge in [0.1, 0.15) is 0 Å². The molecule has 0 saturated carbocycles. The third kappa shape index (κ3) is 6.26. The van der Waals surface area contributed by atoms with Gasteiger partial charge < -0.3 is 14.8 Å². The highest BCUT2D eigenvalue weighted by atomic mass is 32.2. The van der Waals surface area contributed by atoms with Crippen molar-refractivity contribution in [2.75, 3.05) is 19.5 Å². The van der Waals surface area contributed by atoms with Crippen molar-refractivity contribution in [3.05, 3.63) is 78.1 Å². The molecule has 0 saturated heterocycles. The summed E-state index contributed by atoms with van der Waals surface area (Å²) in [4.78, 5) is 17.6. The number of aryl methyl sites for hydroxylation is 1. The molecule has 1 aromatic heterocycles. The number of carbonyl (C=O) groups is 1. The molecule has 1 amide bonds.